The number of halogens is 2. The number of methoxy groups -OCH3 is 2. The Balaban J connectivity index is 2.13. The van der Waals surface area contributed by atoms with Crippen LogP contribution >= 0.6 is 31.9 Å². The fourth-order valence-electron chi connectivity index (χ4n) is 2.99. The van der Waals surface area contributed by atoms with Crippen LogP contribution in [0.5, 0.6) is 0 Å². The number of esters is 2. The van der Waals surface area contributed by atoms with Crippen LogP contribution in [0.1, 0.15) is 0 Å². The fourth-order valence-corrected chi connectivity index (χ4v) is 3.52. The maximum Gasteiger partial charge on any atom is 0.355 e. The fraction of sp³-hybridized carbons (Fsp3) is 0.200. The zero-order valence-electron chi connectivity index (χ0n) is 15.3. The maximum absolute atomic E-state index is 12.6. The van der Waals surface area contributed by atoms with Crippen molar-refractivity contribution in [1.82, 2.24) is 0 Å². The van der Waals surface area contributed by atoms with E-state index < -0.39 is 11.9 Å². The van der Waals surface area contributed by atoms with E-state index in [4.69, 9.17) is 9.47 Å². The molecule has 28 heavy (non-hydrogen) atoms. The van der Waals surface area contributed by atoms with Gasteiger partial charge in [0.15, 0.2) is 0 Å². The molecule has 0 N–H and O–H groups in total. The summed E-state index contributed by atoms with van der Waals surface area (Å²) >= 11 is 6.85. The molecule has 1 aliphatic rings. The molecule has 0 saturated carbocycles. The quantitative estimate of drug-likeness (QED) is 0.578. The standard InChI is InChI=1S/C20H18Br2N2O4/c1-27-19(25)17-11-23(15-7-3-13(21)4-8-15)12-24(18(17)20(26)28-2)16-9-5-14(22)6-10-16/h3-10H,11-12H2,1-2H3. The summed E-state index contributed by atoms with van der Waals surface area (Å²) in [7, 11) is 2.60. The molecule has 8 heteroatoms. The number of ether oxygens (including phenoxy) is 2. The molecule has 0 spiro atoms. The Morgan fingerprint density at radius 2 is 1.32 bits per heavy atom. The van der Waals surface area contributed by atoms with E-state index in [0.29, 0.717) is 6.67 Å². The SMILES string of the molecule is COC(=O)C1=C(C(=O)OC)N(c2ccc(Br)cc2)CN(c2ccc(Br)cc2)C1. The van der Waals surface area contributed by atoms with Gasteiger partial charge in [0.2, 0.25) is 0 Å². The number of anilines is 2. The second-order valence-corrected chi connectivity index (χ2v) is 7.86. The van der Waals surface area contributed by atoms with Gasteiger partial charge in [0, 0.05) is 20.3 Å². The van der Waals surface area contributed by atoms with Gasteiger partial charge in [-0.05, 0) is 48.5 Å². The predicted octanol–water partition coefficient (Wildman–Crippen LogP) is 4.10. The molecular weight excluding hydrogens is 492 g/mol. The molecule has 0 fully saturated rings. The van der Waals surface area contributed by atoms with Crippen LogP contribution in [-0.2, 0) is 19.1 Å². The molecule has 1 heterocycles. The van der Waals surface area contributed by atoms with E-state index in [1.54, 1.807) is 4.90 Å². The Bertz CT molecular complexity index is 911. The van der Waals surface area contributed by atoms with Gasteiger partial charge in [-0.15, -0.1) is 0 Å². The second-order valence-electron chi connectivity index (χ2n) is 6.03. The van der Waals surface area contributed by atoms with E-state index in [2.05, 4.69) is 31.9 Å². The molecule has 0 saturated heterocycles. The van der Waals surface area contributed by atoms with Crippen LogP contribution in [0.15, 0.2) is 68.7 Å². The number of nitrogens with zero attached hydrogens (tertiary/aromatic N) is 2. The van der Waals surface area contributed by atoms with Gasteiger partial charge in [-0.3, -0.25) is 0 Å². The zero-order chi connectivity index (χ0) is 20.3. The van der Waals surface area contributed by atoms with Gasteiger partial charge in [0.1, 0.15) is 5.70 Å². The monoisotopic (exact) mass is 508 g/mol. The van der Waals surface area contributed by atoms with Crippen LogP contribution in [0.25, 0.3) is 0 Å². The van der Waals surface area contributed by atoms with Crippen LogP contribution in [0.4, 0.5) is 11.4 Å². The van der Waals surface area contributed by atoms with E-state index in [1.807, 2.05) is 53.4 Å². The largest absolute Gasteiger partial charge is 0.466 e. The van der Waals surface area contributed by atoms with Crippen LogP contribution in [0.3, 0.4) is 0 Å². The van der Waals surface area contributed by atoms with Crippen molar-refractivity contribution in [3.8, 4) is 0 Å². The normalized spacial score (nSPS) is 14.1. The molecule has 0 aliphatic carbocycles. The van der Waals surface area contributed by atoms with E-state index >= 15 is 0 Å². The molecule has 6 nitrogen and oxygen atoms in total. The van der Waals surface area contributed by atoms with Crippen molar-refractivity contribution in [2.75, 3.05) is 37.2 Å². The van der Waals surface area contributed by atoms with Gasteiger partial charge in [-0.1, -0.05) is 31.9 Å². The van der Waals surface area contributed by atoms with Gasteiger partial charge in [0.05, 0.1) is 33.0 Å². The Hall–Kier alpha value is -2.32. The smallest absolute Gasteiger partial charge is 0.355 e. The molecule has 1 aliphatic heterocycles. The van der Waals surface area contributed by atoms with Crippen molar-refractivity contribution >= 4 is 55.2 Å². The van der Waals surface area contributed by atoms with Gasteiger partial charge >= 0.3 is 11.9 Å². The molecule has 2 aromatic rings. The summed E-state index contributed by atoms with van der Waals surface area (Å²) in [5.74, 6) is -1.15. The molecule has 146 valence electrons. The highest BCUT2D eigenvalue weighted by Crippen LogP contribution is 2.31. The van der Waals surface area contributed by atoms with Crippen molar-refractivity contribution in [3.63, 3.8) is 0 Å². The molecule has 3 rings (SSSR count). The Labute approximate surface area is 180 Å². The maximum atomic E-state index is 12.6. The number of carbonyl (C=O) groups excluding carboxylic acids is 2. The summed E-state index contributed by atoms with van der Waals surface area (Å²) < 4.78 is 11.8. The summed E-state index contributed by atoms with van der Waals surface area (Å²) in [5.41, 5.74) is 2.10. The van der Waals surface area contributed by atoms with Crippen LogP contribution in [0.2, 0.25) is 0 Å². The van der Waals surface area contributed by atoms with Crippen molar-refractivity contribution in [3.05, 3.63) is 68.7 Å². The minimum absolute atomic E-state index is 0.185. The first-order chi connectivity index (χ1) is 13.4. The van der Waals surface area contributed by atoms with Crippen molar-refractivity contribution < 1.29 is 19.1 Å². The molecular formula is C20H18Br2N2O4. The topological polar surface area (TPSA) is 59.1 Å². The van der Waals surface area contributed by atoms with Crippen LogP contribution in [-0.4, -0.2) is 39.4 Å². The van der Waals surface area contributed by atoms with E-state index in [0.717, 1.165) is 20.3 Å². The van der Waals surface area contributed by atoms with Crippen LogP contribution in [0, 0.1) is 0 Å². The molecule has 0 atom stereocenters. The van der Waals surface area contributed by atoms with Crippen molar-refractivity contribution in [1.29, 1.82) is 0 Å². The average Bonchev–Trinajstić information content (AvgIpc) is 2.72. The number of benzene rings is 2. The van der Waals surface area contributed by atoms with Gasteiger partial charge in [-0.2, -0.15) is 0 Å². The summed E-state index contributed by atoms with van der Waals surface area (Å²) in [6, 6.07) is 15.2. The van der Waals surface area contributed by atoms with Gasteiger partial charge in [-0.25, -0.2) is 9.59 Å². The number of hydrogen-bond donors (Lipinski definition) is 0. The second kappa shape index (κ2) is 8.79. The van der Waals surface area contributed by atoms with Gasteiger partial charge in [0.25, 0.3) is 0 Å². The lowest BCUT2D eigenvalue weighted by Gasteiger charge is -2.39. The predicted molar refractivity (Wildman–Crippen MR) is 114 cm³/mol. The number of hydrogen-bond acceptors (Lipinski definition) is 6. The lowest BCUT2D eigenvalue weighted by molar-refractivity contribution is -0.139. The third-order valence-electron chi connectivity index (χ3n) is 4.36. The number of carbonyl (C=O) groups is 2. The highest BCUT2D eigenvalue weighted by molar-refractivity contribution is 9.10. The van der Waals surface area contributed by atoms with Crippen molar-refractivity contribution in [2.24, 2.45) is 0 Å². The first-order valence-electron chi connectivity index (χ1n) is 8.38. The highest BCUT2D eigenvalue weighted by atomic mass is 79.9. The number of rotatable bonds is 4. The molecule has 0 radical (unpaired) electrons. The molecule has 0 aromatic heterocycles. The first kappa shape index (κ1) is 20.4. The van der Waals surface area contributed by atoms with Crippen molar-refractivity contribution in [2.45, 2.75) is 0 Å². The third kappa shape index (κ3) is 4.23. The molecule has 0 bridgehead atoms. The zero-order valence-corrected chi connectivity index (χ0v) is 18.5. The van der Waals surface area contributed by atoms with E-state index in [9.17, 15) is 9.59 Å². The highest BCUT2D eigenvalue weighted by Gasteiger charge is 2.35. The lowest BCUT2D eigenvalue weighted by atomic mass is 10.1. The Morgan fingerprint density at radius 1 is 0.821 bits per heavy atom. The third-order valence-corrected chi connectivity index (χ3v) is 5.41. The molecule has 0 amide bonds. The van der Waals surface area contributed by atoms with Crippen LogP contribution < -0.4 is 9.80 Å². The first-order valence-corrected chi connectivity index (χ1v) is 9.96. The Kier molecular flexibility index (Phi) is 6.41. The molecule has 2 aromatic carbocycles. The minimum atomic E-state index is -0.584. The summed E-state index contributed by atoms with van der Waals surface area (Å²) in [6.45, 7) is 0.597. The van der Waals surface area contributed by atoms with E-state index in [-0.39, 0.29) is 17.8 Å². The van der Waals surface area contributed by atoms with E-state index in [1.165, 1.54) is 14.2 Å². The lowest BCUT2D eigenvalue weighted by Crippen LogP contribution is -2.48. The summed E-state index contributed by atoms with van der Waals surface area (Å²) in [5, 5.41) is 0. The Morgan fingerprint density at radius 3 is 1.82 bits per heavy atom. The molecule has 0 unspecified atom stereocenters. The average molecular weight is 510 g/mol. The minimum Gasteiger partial charge on any atom is -0.466 e. The summed E-state index contributed by atoms with van der Waals surface area (Å²) in [4.78, 5) is 28.8. The summed E-state index contributed by atoms with van der Waals surface area (Å²) in [6.07, 6.45) is 0. The van der Waals surface area contributed by atoms with Gasteiger partial charge < -0.3 is 19.3 Å².